The van der Waals surface area contributed by atoms with Crippen LogP contribution >= 0.6 is 15.9 Å². The van der Waals surface area contributed by atoms with E-state index < -0.39 is 0 Å². The lowest BCUT2D eigenvalue weighted by Crippen LogP contribution is -2.19. The molecule has 0 unspecified atom stereocenters. The minimum atomic E-state index is -0.382. The van der Waals surface area contributed by atoms with Crippen molar-refractivity contribution in [3.63, 3.8) is 0 Å². The molecule has 0 aromatic heterocycles. The third-order valence-electron chi connectivity index (χ3n) is 3.04. The Bertz CT molecular complexity index is 643. The molecular formula is C15H15BrFN3. The molecule has 3 nitrogen and oxygen atoms in total. The summed E-state index contributed by atoms with van der Waals surface area (Å²) in [7, 11) is 1.82. The smallest absolute Gasteiger partial charge is 0.147 e. The molecule has 0 saturated heterocycles. The summed E-state index contributed by atoms with van der Waals surface area (Å²) in [6.07, 6.45) is 0. The van der Waals surface area contributed by atoms with Crippen molar-refractivity contribution in [2.24, 2.45) is 5.73 Å². The highest BCUT2D eigenvalue weighted by molar-refractivity contribution is 9.10. The van der Waals surface area contributed by atoms with Crippen molar-refractivity contribution in [2.75, 3.05) is 11.9 Å². The van der Waals surface area contributed by atoms with Crippen molar-refractivity contribution >= 4 is 27.5 Å². The second kappa shape index (κ2) is 6.05. The number of nitrogens with zero attached hydrogens (tertiary/aromatic N) is 1. The van der Waals surface area contributed by atoms with E-state index in [1.807, 2.05) is 36.2 Å². The van der Waals surface area contributed by atoms with Crippen LogP contribution in [0.1, 0.15) is 11.1 Å². The van der Waals surface area contributed by atoms with E-state index in [0.717, 1.165) is 10.0 Å². The first kappa shape index (κ1) is 14.5. The molecule has 2 aromatic carbocycles. The van der Waals surface area contributed by atoms with E-state index >= 15 is 0 Å². The number of nitrogen functional groups attached to an aromatic ring is 1. The Morgan fingerprint density at radius 3 is 2.60 bits per heavy atom. The van der Waals surface area contributed by atoms with Crippen molar-refractivity contribution in [1.29, 1.82) is 5.41 Å². The van der Waals surface area contributed by atoms with Crippen LogP contribution in [0, 0.1) is 11.2 Å². The SMILES string of the molecule is CN(Cc1ccccc1Br)c1ccc(C(=N)N)cc1F. The molecule has 0 atom stereocenters. The van der Waals surface area contributed by atoms with Crippen LogP contribution < -0.4 is 10.6 Å². The lowest BCUT2D eigenvalue weighted by atomic mass is 10.1. The minimum absolute atomic E-state index is 0.135. The first-order valence-corrected chi connectivity index (χ1v) is 6.87. The van der Waals surface area contributed by atoms with Gasteiger partial charge in [-0.1, -0.05) is 34.1 Å². The van der Waals surface area contributed by atoms with Gasteiger partial charge in [0.2, 0.25) is 0 Å². The van der Waals surface area contributed by atoms with E-state index in [2.05, 4.69) is 15.9 Å². The summed E-state index contributed by atoms with van der Waals surface area (Å²) < 4.78 is 15.1. The van der Waals surface area contributed by atoms with Crippen LogP contribution in [0.2, 0.25) is 0 Å². The Hall–Kier alpha value is -1.88. The summed E-state index contributed by atoms with van der Waals surface area (Å²) in [4.78, 5) is 1.82. The van der Waals surface area contributed by atoms with Crippen LogP contribution in [0.25, 0.3) is 0 Å². The maximum atomic E-state index is 14.1. The standard InChI is InChI=1S/C15H15BrFN3/c1-20(9-11-4-2-3-5-12(11)16)14-7-6-10(15(18)19)8-13(14)17/h2-8H,9H2,1H3,(H3,18,19). The minimum Gasteiger partial charge on any atom is -0.384 e. The van der Waals surface area contributed by atoms with E-state index in [0.29, 0.717) is 17.8 Å². The molecular weight excluding hydrogens is 321 g/mol. The van der Waals surface area contributed by atoms with Crippen LogP contribution in [0.4, 0.5) is 10.1 Å². The molecule has 0 aliphatic carbocycles. The summed E-state index contributed by atoms with van der Waals surface area (Å²) in [5, 5.41) is 7.31. The number of hydrogen-bond acceptors (Lipinski definition) is 2. The number of nitrogens with one attached hydrogen (secondary N) is 1. The third kappa shape index (κ3) is 3.17. The van der Waals surface area contributed by atoms with Crippen molar-refractivity contribution in [3.05, 3.63) is 63.9 Å². The van der Waals surface area contributed by atoms with E-state index in [1.165, 1.54) is 6.07 Å². The second-order valence-corrected chi connectivity index (χ2v) is 5.38. The normalized spacial score (nSPS) is 10.3. The highest BCUT2D eigenvalue weighted by Crippen LogP contribution is 2.23. The molecule has 0 amide bonds. The topological polar surface area (TPSA) is 53.1 Å². The van der Waals surface area contributed by atoms with E-state index in [-0.39, 0.29) is 11.7 Å². The first-order valence-electron chi connectivity index (χ1n) is 6.07. The Labute approximate surface area is 125 Å². The van der Waals surface area contributed by atoms with E-state index in [4.69, 9.17) is 11.1 Å². The maximum absolute atomic E-state index is 14.1. The van der Waals surface area contributed by atoms with Crippen LogP contribution in [0.5, 0.6) is 0 Å². The van der Waals surface area contributed by atoms with Gasteiger partial charge in [-0.2, -0.15) is 0 Å². The number of halogens is 2. The fourth-order valence-electron chi connectivity index (χ4n) is 1.95. The monoisotopic (exact) mass is 335 g/mol. The Kier molecular flexibility index (Phi) is 4.39. The molecule has 0 bridgehead atoms. The van der Waals surface area contributed by atoms with Gasteiger partial charge in [0.25, 0.3) is 0 Å². The number of nitrogens with two attached hydrogens (primary N) is 1. The number of amidine groups is 1. The lowest BCUT2D eigenvalue weighted by Gasteiger charge is -2.21. The van der Waals surface area contributed by atoms with Crippen LogP contribution in [0.3, 0.4) is 0 Å². The molecule has 3 N–H and O–H groups in total. The summed E-state index contributed by atoms with van der Waals surface area (Å²) in [5.74, 6) is -0.517. The quantitative estimate of drug-likeness (QED) is 0.663. The second-order valence-electron chi connectivity index (χ2n) is 4.53. The molecule has 0 aliphatic rings. The molecule has 20 heavy (non-hydrogen) atoms. The fraction of sp³-hybridized carbons (Fsp3) is 0.133. The molecule has 0 aliphatic heterocycles. The predicted octanol–water partition coefficient (Wildman–Crippen LogP) is 3.51. The molecule has 0 saturated carbocycles. The summed E-state index contributed by atoms with van der Waals surface area (Å²) in [6.45, 7) is 0.581. The van der Waals surface area contributed by atoms with Crippen LogP contribution in [0.15, 0.2) is 46.9 Å². The van der Waals surface area contributed by atoms with Crippen molar-refractivity contribution in [1.82, 2.24) is 0 Å². The van der Waals surface area contributed by atoms with Gasteiger partial charge in [0.05, 0.1) is 5.69 Å². The highest BCUT2D eigenvalue weighted by atomic mass is 79.9. The number of benzene rings is 2. The predicted molar refractivity (Wildman–Crippen MR) is 83.7 cm³/mol. The zero-order valence-corrected chi connectivity index (χ0v) is 12.6. The van der Waals surface area contributed by atoms with Gasteiger partial charge in [-0.05, 0) is 29.8 Å². The van der Waals surface area contributed by atoms with Crippen molar-refractivity contribution in [2.45, 2.75) is 6.54 Å². The molecule has 2 aromatic rings. The molecule has 104 valence electrons. The molecule has 0 fully saturated rings. The summed E-state index contributed by atoms with van der Waals surface area (Å²) in [6, 6.07) is 12.4. The summed E-state index contributed by atoms with van der Waals surface area (Å²) >= 11 is 3.48. The molecule has 0 radical (unpaired) electrons. The third-order valence-corrected chi connectivity index (χ3v) is 3.81. The molecule has 0 heterocycles. The number of anilines is 1. The molecule has 5 heteroatoms. The van der Waals surface area contributed by atoms with Crippen LogP contribution in [-0.4, -0.2) is 12.9 Å². The molecule has 0 spiro atoms. The van der Waals surface area contributed by atoms with Gasteiger partial charge >= 0.3 is 0 Å². The largest absolute Gasteiger partial charge is 0.384 e. The average molecular weight is 336 g/mol. The number of rotatable bonds is 4. The van der Waals surface area contributed by atoms with Gasteiger partial charge in [-0.25, -0.2) is 4.39 Å². The van der Waals surface area contributed by atoms with Gasteiger partial charge < -0.3 is 10.6 Å². The maximum Gasteiger partial charge on any atom is 0.147 e. The van der Waals surface area contributed by atoms with E-state index in [1.54, 1.807) is 12.1 Å². The van der Waals surface area contributed by atoms with Gasteiger partial charge in [-0.15, -0.1) is 0 Å². The fourth-order valence-corrected chi connectivity index (χ4v) is 2.36. The lowest BCUT2D eigenvalue weighted by molar-refractivity contribution is 0.622. The zero-order chi connectivity index (χ0) is 14.7. The average Bonchev–Trinajstić information content (AvgIpc) is 2.41. The summed E-state index contributed by atoms with van der Waals surface area (Å²) in [5.41, 5.74) is 7.29. The highest BCUT2D eigenvalue weighted by Gasteiger charge is 2.11. The number of hydrogen-bond donors (Lipinski definition) is 2. The van der Waals surface area contributed by atoms with Gasteiger partial charge in [0.1, 0.15) is 11.7 Å². The zero-order valence-electron chi connectivity index (χ0n) is 11.0. The first-order chi connectivity index (χ1) is 9.49. The van der Waals surface area contributed by atoms with Gasteiger partial charge in [-0.3, -0.25) is 5.41 Å². The Morgan fingerprint density at radius 1 is 1.30 bits per heavy atom. The van der Waals surface area contributed by atoms with Crippen LogP contribution in [-0.2, 0) is 6.54 Å². The van der Waals surface area contributed by atoms with Gasteiger partial charge in [0.15, 0.2) is 0 Å². The Morgan fingerprint density at radius 2 is 2.00 bits per heavy atom. The van der Waals surface area contributed by atoms with E-state index in [9.17, 15) is 4.39 Å². The molecule has 2 rings (SSSR count). The van der Waals surface area contributed by atoms with Crippen molar-refractivity contribution < 1.29 is 4.39 Å². The van der Waals surface area contributed by atoms with Gasteiger partial charge in [0, 0.05) is 23.6 Å². The Balaban J connectivity index is 2.23. The van der Waals surface area contributed by atoms with Crippen molar-refractivity contribution in [3.8, 4) is 0 Å².